The molecule has 0 aromatic heterocycles. The Morgan fingerprint density at radius 3 is 2.53 bits per heavy atom. The van der Waals surface area contributed by atoms with Crippen molar-refractivity contribution in [3.63, 3.8) is 0 Å². The maximum atomic E-state index is 11.4. The first kappa shape index (κ1) is 12.0. The summed E-state index contributed by atoms with van der Waals surface area (Å²) in [5.41, 5.74) is 0.529. The van der Waals surface area contributed by atoms with Gasteiger partial charge in [-0.15, -0.1) is 0 Å². The maximum absolute atomic E-state index is 11.4. The van der Waals surface area contributed by atoms with Gasteiger partial charge in [-0.25, -0.2) is 8.42 Å². The van der Waals surface area contributed by atoms with Gasteiger partial charge >= 0.3 is 0 Å². The molecule has 0 aliphatic rings. The van der Waals surface area contributed by atoms with Crippen LogP contribution in [-0.4, -0.2) is 32.4 Å². The molecule has 0 fully saturated rings. The monoisotopic (exact) mass is 229 g/mol. The lowest BCUT2D eigenvalue weighted by Crippen LogP contribution is -2.16. The van der Waals surface area contributed by atoms with E-state index >= 15 is 0 Å². The van der Waals surface area contributed by atoms with Crippen molar-refractivity contribution in [1.29, 1.82) is 0 Å². The minimum Gasteiger partial charge on any atom is -0.392 e. The number of anilines is 1. The summed E-state index contributed by atoms with van der Waals surface area (Å²) >= 11 is 0. The molecule has 4 nitrogen and oxygen atoms in total. The molecule has 1 rings (SSSR count). The summed E-state index contributed by atoms with van der Waals surface area (Å²) < 4.78 is 22.8. The molecule has 1 atom stereocenters. The summed E-state index contributed by atoms with van der Waals surface area (Å²) in [6, 6.07) is 6.64. The third-order valence-corrected chi connectivity index (χ3v) is 3.03. The van der Waals surface area contributed by atoms with E-state index in [1.54, 1.807) is 31.2 Å². The number of rotatable bonds is 4. The van der Waals surface area contributed by atoms with Crippen molar-refractivity contribution in [3.05, 3.63) is 24.3 Å². The number of hydrogen-bond donors (Lipinski definition) is 2. The van der Waals surface area contributed by atoms with Crippen LogP contribution in [0.5, 0.6) is 0 Å². The quantitative estimate of drug-likeness (QED) is 0.804. The number of benzene rings is 1. The van der Waals surface area contributed by atoms with Gasteiger partial charge in [0.05, 0.1) is 16.7 Å². The van der Waals surface area contributed by atoms with Crippen LogP contribution in [0, 0.1) is 0 Å². The molecule has 84 valence electrons. The Labute approximate surface area is 89.9 Å². The van der Waals surface area contributed by atoms with Crippen molar-refractivity contribution >= 4 is 15.5 Å². The molecule has 0 radical (unpaired) electrons. The van der Waals surface area contributed by atoms with E-state index in [0.717, 1.165) is 6.26 Å². The zero-order valence-corrected chi connectivity index (χ0v) is 9.58. The SMILES string of the molecule is C[C@H](O)CNc1ccccc1S(C)(=O)=O. The number of nitrogens with one attached hydrogen (secondary N) is 1. The van der Waals surface area contributed by atoms with Crippen molar-refractivity contribution in [1.82, 2.24) is 0 Å². The molecule has 1 aromatic rings. The zero-order valence-electron chi connectivity index (χ0n) is 8.77. The smallest absolute Gasteiger partial charge is 0.177 e. The Bertz CT molecular complexity index is 426. The average molecular weight is 229 g/mol. The number of hydrogen-bond acceptors (Lipinski definition) is 4. The fraction of sp³-hybridized carbons (Fsp3) is 0.400. The van der Waals surface area contributed by atoms with E-state index < -0.39 is 15.9 Å². The first-order valence-electron chi connectivity index (χ1n) is 4.62. The van der Waals surface area contributed by atoms with E-state index in [9.17, 15) is 8.42 Å². The Balaban J connectivity index is 2.98. The number of aliphatic hydroxyl groups excluding tert-OH is 1. The summed E-state index contributed by atoms with van der Waals surface area (Å²) in [6.07, 6.45) is 0.646. The molecule has 0 amide bonds. The van der Waals surface area contributed by atoms with Crippen molar-refractivity contribution in [2.45, 2.75) is 17.9 Å². The Kier molecular flexibility index (Phi) is 3.71. The Hall–Kier alpha value is -1.07. The normalized spacial score (nSPS) is 13.5. The molecule has 0 aliphatic heterocycles. The predicted octanol–water partition coefficient (Wildman–Crippen LogP) is 0.883. The summed E-state index contributed by atoms with van der Waals surface area (Å²) in [7, 11) is -3.23. The van der Waals surface area contributed by atoms with Crippen molar-refractivity contribution in [2.24, 2.45) is 0 Å². The molecule has 0 saturated heterocycles. The average Bonchev–Trinajstić information content (AvgIpc) is 2.13. The standard InChI is InChI=1S/C10H15NO3S/c1-8(12)7-11-9-5-3-4-6-10(9)15(2,13)14/h3-6,8,11-12H,7H2,1-2H3/t8-/m0/s1. The van der Waals surface area contributed by atoms with Crippen LogP contribution in [0.3, 0.4) is 0 Å². The Morgan fingerprint density at radius 2 is 2.00 bits per heavy atom. The van der Waals surface area contributed by atoms with E-state index in [1.807, 2.05) is 0 Å². The van der Waals surface area contributed by atoms with Crippen LogP contribution in [0.2, 0.25) is 0 Å². The topological polar surface area (TPSA) is 66.4 Å². The molecule has 2 N–H and O–H groups in total. The van der Waals surface area contributed by atoms with Crippen molar-refractivity contribution in [2.75, 3.05) is 18.1 Å². The number of sulfone groups is 1. The lowest BCUT2D eigenvalue weighted by molar-refractivity contribution is 0.208. The summed E-state index contributed by atoms with van der Waals surface area (Å²) in [5.74, 6) is 0. The van der Waals surface area contributed by atoms with Gasteiger partial charge < -0.3 is 10.4 Å². The molecule has 0 bridgehead atoms. The van der Waals surface area contributed by atoms with Crippen LogP contribution in [-0.2, 0) is 9.84 Å². The van der Waals surface area contributed by atoms with E-state index in [4.69, 9.17) is 5.11 Å². The van der Waals surface area contributed by atoms with Gasteiger partial charge in [-0.1, -0.05) is 12.1 Å². The van der Waals surface area contributed by atoms with Crippen LogP contribution in [0.1, 0.15) is 6.92 Å². The van der Waals surface area contributed by atoms with Crippen LogP contribution >= 0.6 is 0 Å². The van der Waals surface area contributed by atoms with Gasteiger partial charge in [-0.05, 0) is 19.1 Å². The fourth-order valence-corrected chi connectivity index (χ4v) is 2.06. The van der Waals surface area contributed by atoms with Crippen LogP contribution in [0.4, 0.5) is 5.69 Å². The molecule has 0 spiro atoms. The summed E-state index contributed by atoms with van der Waals surface area (Å²) in [6.45, 7) is 1.96. The maximum Gasteiger partial charge on any atom is 0.177 e. The van der Waals surface area contributed by atoms with E-state index in [0.29, 0.717) is 12.2 Å². The van der Waals surface area contributed by atoms with E-state index in [1.165, 1.54) is 0 Å². The first-order chi connectivity index (χ1) is 6.91. The largest absolute Gasteiger partial charge is 0.392 e. The molecular formula is C10H15NO3S. The second kappa shape index (κ2) is 4.63. The highest BCUT2D eigenvalue weighted by Crippen LogP contribution is 2.20. The van der Waals surface area contributed by atoms with Gasteiger partial charge in [0.1, 0.15) is 0 Å². The number of aliphatic hydroxyl groups is 1. The van der Waals surface area contributed by atoms with E-state index in [-0.39, 0.29) is 4.90 Å². The van der Waals surface area contributed by atoms with Crippen LogP contribution < -0.4 is 5.32 Å². The van der Waals surface area contributed by atoms with Crippen LogP contribution in [0.25, 0.3) is 0 Å². The molecule has 0 unspecified atom stereocenters. The van der Waals surface area contributed by atoms with Gasteiger partial charge in [-0.3, -0.25) is 0 Å². The van der Waals surface area contributed by atoms with Gasteiger partial charge in [0, 0.05) is 12.8 Å². The zero-order chi connectivity index (χ0) is 11.5. The minimum atomic E-state index is -3.23. The lowest BCUT2D eigenvalue weighted by Gasteiger charge is -2.11. The fourth-order valence-electron chi connectivity index (χ4n) is 1.19. The van der Waals surface area contributed by atoms with Crippen molar-refractivity contribution in [3.8, 4) is 0 Å². The molecule has 1 aromatic carbocycles. The van der Waals surface area contributed by atoms with Gasteiger partial charge in [-0.2, -0.15) is 0 Å². The third-order valence-electron chi connectivity index (χ3n) is 1.87. The third kappa shape index (κ3) is 3.53. The van der Waals surface area contributed by atoms with E-state index in [2.05, 4.69) is 5.32 Å². The van der Waals surface area contributed by atoms with Crippen LogP contribution in [0.15, 0.2) is 29.2 Å². The highest BCUT2D eigenvalue weighted by Gasteiger charge is 2.12. The first-order valence-corrected chi connectivity index (χ1v) is 6.51. The second-order valence-electron chi connectivity index (χ2n) is 3.50. The van der Waals surface area contributed by atoms with Gasteiger partial charge in [0.25, 0.3) is 0 Å². The molecule has 0 aliphatic carbocycles. The molecule has 15 heavy (non-hydrogen) atoms. The Morgan fingerprint density at radius 1 is 1.40 bits per heavy atom. The number of para-hydroxylation sites is 1. The second-order valence-corrected chi connectivity index (χ2v) is 5.48. The molecular weight excluding hydrogens is 214 g/mol. The predicted molar refractivity (Wildman–Crippen MR) is 59.7 cm³/mol. The molecule has 5 heteroatoms. The molecule has 0 heterocycles. The minimum absolute atomic E-state index is 0.255. The highest BCUT2D eigenvalue weighted by molar-refractivity contribution is 7.90. The van der Waals surface area contributed by atoms with Crippen molar-refractivity contribution < 1.29 is 13.5 Å². The summed E-state index contributed by atoms with van der Waals surface area (Å²) in [4.78, 5) is 0.255. The lowest BCUT2D eigenvalue weighted by atomic mass is 10.3. The van der Waals surface area contributed by atoms with Gasteiger partial charge in [0.15, 0.2) is 9.84 Å². The van der Waals surface area contributed by atoms with Gasteiger partial charge in [0.2, 0.25) is 0 Å². The summed E-state index contributed by atoms with van der Waals surface area (Å²) in [5, 5.41) is 12.0. The highest BCUT2D eigenvalue weighted by atomic mass is 32.2. The molecule has 0 saturated carbocycles.